The summed E-state index contributed by atoms with van der Waals surface area (Å²) in [5.41, 5.74) is 3.70. The Bertz CT molecular complexity index is 743. The Morgan fingerprint density at radius 2 is 2.05 bits per heavy atom. The zero-order valence-electron chi connectivity index (χ0n) is 13.4. The molecule has 0 saturated carbocycles. The fraction of sp³-hybridized carbons (Fsp3) is 0.375. The lowest BCUT2D eigenvalue weighted by Crippen LogP contribution is -2.27. The predicted octanol–water partition coefficient (Wildman–Crippen LogP) is 1.69. The molecule has 0 bridgehead atoms. The fourth-order valence-corrected chi connectivity index (χ4v) is 2.47. The average molecular weight is 302 g/mol. The predicted molar refractivity (Wildman–Crippen MR) is 87.3 cm³/mol. The van der Waals surface area contributed by atoms with Crippen LogP contribution in [-0.2, 0) is 13.6 Å². The van der Waals surface area contributed by atoms with Crippen LogP contribution in [0.3, 0.4) is 0 Å². The van der Waals surface area contributed by atoms with Crippen molar-refractivity contribution in [1.29, 1.82) is 0 Å². The van der Waals surface area contributed by atoms with Crippen LogP contribution in [0.2, 0.25) is 0 Å². The Kier molecular flexibility index (Phi) is 4.70. The number of H-pyrrole nitrogens is 1. The monoisotopic (exact) mass is 302 g/mol. The molecule has 22 heavy (non-hydrogen) atoms. The number of amides is 1. The number of aromatic amines is 1. The van der Waals surface area contributed by atoms with Crippen LogP contribution in [0.15, 0.2) is 23.0 Å². The molecule has 2 aromatic rings. The minimum atomic E-state index is -0.181. The number of hydrogen-bond acceptors (Lipinski definition) is 3. The molecule has 0 aliphatic rings. The zero-order chi connectivity index (χ0) is 16.3. The lowest BCUT2D eigenvalue weighted by molar-refractivity contribution is 0.0950. The molecule has 1 heterocycles. The van der Waals surface area contributed by atoms with Crippen LogP contribution in [0.4, 0.5) is 5.69 Å². The fourth-order valence-electron chi connectivity index (χ4n) is 2.47. The van der Waals surface area contributed by atoms with Crippen molar-refractivity contribution in [3.05, 3.63) is 50.9 Å². The van der Waals surface area contributed by atoms with Crippen LogP contribution in [0.25, 0.3) is 0 Å². The number of hydrogen-bond donors (Lipinski definition) is 3. The molecule has 1 aromatic heterocycles. The molecular formula is C16H22N4O2. The highest BCUT2D eigenvalue weighted by molar-refractivity contribution is 5.97. The van der Waals surface area contributed by atoms with Crippen molar-refractivity contribution >= 4 is 11.6 Å². The van der Waals surface area contributed by atoms with Crippen molar-refractivity contribution in [2.45, 2.75) is 27.3 Å². The maximum Gasteiger partial charge on any atom is 0.271 e. The van der Waals surface area contributed by atoms with E-state index in [0.717, 1.165) is 23.5 Å². The highest BCUT2D eigenvalue weighted by Crippen LogP contribution is 2.18. The van der Waals surface area contributed by atoms with Gasteiger partial charge in [0.1, 0.15) is 0 Å². The highest BCUT2D eigenvalue weighted by Gasteiger charge is 2.14. The van der Waals surface area contributed by atoms with Crippen molar-refractivity contribution in [1.82, 2.24) is 15.1 Å². The summed E-state index contributed by atoms with van der Waals surface area (Å²) in [6.45, 7) is 6.75. The van der Waals surface area contributed by atoms with Gasteiger partial charge in [0.2, 0.25) is 0 Å². The van der Waals surface area contributed by atoms with Crippen molar-refractivity contribution in [2.24, 2.45) is 7.05 Å². The smallest absolute Gasteiger partial charge is 0.271 e. The van der Waals surface area contributed by atoms with Gasteiger partial charge in [0, 0.05) is 30.5 Å². The van der Waals surface area contributed by atoms with Crippen LogP contribution in [0, 0.1) is 13.8 Å². The van der Waals surface area contributed by atoms with Gasteiger partial charge in [0.15, 0.2) is 0 Å². The summed E-state index contributed by atoms with van der Waals surface area (Å²) in [6, 6.07) is 5.58. The van der Waals surface area contributed by atoms with Crippen molar-refractivity contribution in [3.8, 4) is 0 Å². The van der Waals surface area contributed by atoms with Gasteiger partial charge in [-0.25, -0.2) is 0 Å². The van der Waals surface area contributed by atoms with Crippen LogP contribution in [-0.4, -0.2) is 22.2 Å². The summed E-state index contributed by atoms with van der Waals surface area (Å²) in [5.74, 6) is -0.181. The third-order valence-electron chi connectivity index (χ3n) is 3.72. The van der Waals surface area contributed by atoms with Crippen LogP contribution < -0.4 is 16.2 Å². The number of aromatic nitrogens is 2. The lowest BCUT2D eigenvalue weighted by atomic mass is 10.1. The standard InChI is InChI=1S/C16H22N4O2/c1-5-17-14-8-6-7-12(10(14)2)15(21)18-9-13-11(3)19-20(4)16(13)22/h6-8,17,19H,5,9H2,1-4H3,(H,18,21). The molecule has 0 fully saturated rings. The molecule has 1 amide bonds. The summed E-state index contributed by atoms with van der Waals surface area (Å²) in [7, 11) is 1.66. The Morgan fingerprint density at radius 3 is 2.64 bits per heavy atom. The van der Waals surface area contributed by atoms with E-state index in [-0.39, 0.29) is 18.0 Å². The molecule has 0 saturated heterocycles. The normalized spacial score (nSPS) is 10.5. The zero-order valence-corrected chi connectivity index (χ0v) is 13.4. The van der Waals surface area contributed by atoms with E-state index in [2.05, 4.69) is 15.7 Å². The van der Waals surface area contributed by atoms with Gasteiger partial charge in [-0.15, -0.1) is 0 Å². The maximum absolute atomic E-state index is 12.4. The molecule has 0 atom stereocenters. The van der Waals surface area contributed by atoms with Crippen LogP contribution >= 0.6 is 0 Å². The van der Waals surface area contributed by atoms with Crippen LogP contribution in [0.5, 0.6) is 0 Å². The van der Waals surface area contributed by atoms with Gasteiger partial charge >= 0.3 is 0 Å². The molecule has 0 spiro atoms. The van der Waals surface area contributed by atoms with E-state index < -0.39 is 0 Å². The summed E-state index contributed by atoms with van der Waals surface area (Å²) >= 11 is 0. The molecule has 3 N–H and O–H groups in total. The van der Waals surface area contributed by atoms with Crippen molar-refractivity contribution in [3.63, 3.8) is 0 Å². The minimum absolute atomic E-state index is 0.115. The van der Waals surface area contributed by atoms with Gasteiger partial charge < -0.3 is 10.6 Å². The molecule has 2 rings (SSSR count). The Labute approximate surface area is 129 Å². The highest BCUT2D eigenvalue weighted by atomic mass is 16.2. The molecule has 1 aromatic carbocycles. The SMILES string of the molecule is CCNc1cccc(C(=O)NCc2c(C)[nH]n(C)c2=O)c1C. The number of nitrogens with one attached hydrogen (secondary N) is 3. The van der Waals surface area contributed by atoms with Crippen LogP contribution in [0.1, 0.15) is 34.1 Å². The molecule has 6 heteroatoms. The number of aryl methyl sites for hydroxylation is 2. The van der Waals surface area contributed by atoms with E-state index in [1.54, 1.807) is 13.1 Å². The van der Waals surface area contributed by atoms with E-state index in [1.807, 2.05) is 32.9 Å². The molecule has 0 aliphatic heterocycles. The summed E-state index contributed by atoms with van der Waals surface area (Å²) < 4.78 is 1.41. The van der Waals surface area contributed by atoms with Gasteiger partial charge in [-0.05, 0) is 38.5 Å². The second-order valence-electron chi connectivity index (χ2n) is 5.27. The topological polar surface area (TPSA) is 78.9 Å². The first-order chi connectivity index (χ1) is 10.5. The van der Waals surface area contributed by atoms with Gasteiger partial charge in [-0.2, -0.15) is 0 Å². The van der Waals surface area contributed by atoms with Gasteiger partial charge in [0.25, 0.3) is 11.5 Å². The summed E-state index contributed by atoms with van der Waals surface area (Å²) in [6.07, 6.45) is 0. The van der Waals surface area contributed by atoms with Crippen molar-refractivity contribution < 1.29 is 4.79 Å². The summed E-state index contributed by atoms with van der Waals surface area (Å²) in [4.78, 5) is 24.3. The Balaban J connectivity index is 2.16. The second-order valence-corrected chi connectivity index (χ2v) is 5.27. The molecule has 118 valence electrons. The third kappa shape index (κ3) is 3.05. The van der Waals surface area contributed by atoms with Crippen molar-refractivity contribution in [2.75, 3.05) is 11.9 Å². The largest absolute Gasteiger partial charge is 0.385 e. The second kappa shape index (κ2) is 6.51. The third-order valence-corrected chi connectivity index (χ3v) is 3.72. The van der Waals surface area contributed by atoms with E-state index in [4.69, 9.17) is 0 Å². The molecule has 0 radical (unpaired) electrons. The number of carbonyl (C=O) groups excluding carboxylic acids is 1. The van der Waals surface area contributed by atoms with Gasteiger partial charge in [0.05, 0.1) is 12.1 Å². The first-order valence-electron chi connectivity index (χ1n) is 7.31. The molecule has 6 nitrogen and oxygen atoms in total. The Hall–Kier alpha value is -2.50. The first kappa shape index (κ1) is 15.9. The van der Waals surface area contributed by atoms with E-state index >= 15 is 0 Å². The quantitative estimate of drug-likeness (QED) is 0.786. The summed E-state index contributed by atoms with van der Waals surface area (Å²) in [5, 5.41) is 8.97. The first-order valence-corrected chi connectivity index (χ1v) is 7.31. The number of nitrogens with zero attached hydrogens (tertiary/aromatic N) is 1. The van der Waals surface area contributed by atoms with E-state index in [1.165, 1.54) is 4.68 Å². The van der Waals surface area contributed by atoms with E-state index in [9.17, 15) is 9.59 Å². The van der Waals surface area contributed by atoms with Gasteiger partial charge in [-0.1, -0.05) is 6.07 Å². The minimum Gasteiger partial charge on any atom is -0.385 e. The average Bonchev–Trinajstić information content (AvgIpc) is 2.72. The molecular weight excluding hydrogens is 280 g/mol. The molecule has 0 unspecified atom stereocenters. The number of benzene rings is 1. The number of rotatable bonds is 5. The molecule has 0 aliphatic carbocycles. The lowest BCUT2D eigenvalue weighted by Gasteiger charge is -2.12. The van der Waals surface area contributed by atoms with Gasteiger partial charge in [-0.3, -0.25) is 19.4 Å². The Morgan fingerprint density at radius 1 is 1.32 bits per heavy atom. The maximum atomic E-state index is 12.4. The number of anilines is 1. The van der Waals surface area contributed by atoms with E-state index in [0.29, 0.717) is 11.1 Å². The number of carbonyl (C=O) groups is 1.